The van der Waals surface area contributed by atoms with E-state index >= 15 is 0 Å². The Kier molecular flexibility index (Phi) is 6.09. The normalized spacial score (nSPS) is 11.7. The Morgan fingerprint density at radius 1 is 1.16 bits per heavy atom. The van der Waals surface area contributed by atoms with Crippen molar-refractivity contribution in [3.8, 4) is 0 Å². The van der Waals surface area contributed by atoms with Gasteiger partial charge in [0.2, 0.25) is 11.7 Å². The van der Waals surface area contributed by atoms with Gasteiger partial charge in [0, 0.05) is 11.8 Å². The number of ether oxygens (including phenoxy) is 1. The molecule has 0 fully saturated rings. The predicted octanol–water partition coefficient (Wildman–Crippen LogP) is 3.43. The maximum absolute atomic E-state index is 12.5. The van der Waals surface area contributed by atoms with Crippen LogP contribution in [0.2, 0.25) is 0 Å². The van der Waals surface area contributed by atoms with Crippen molar-refractivity contribution in [2.24, 2.45) is 0 Å². The molecule has 132 valence electrons. The van der Waals surface area contributed by atoms with Crippen LogP contribution in [0.1, 0.15) is 49.9 Å². The third kappa shape index (κ3) is 4.76. The van der Waals surface area contributed by atoms with Gasteiger partial charge in [-0.3, -0.25) is 9.59 Å². The molecule has 0 radical (unpaired) electrons. The maximum atomic E-state index is 12.5. The first-order chi connectivity index (χ1) is 11.8. The van der Waals surface area contributed by atoms with Crippen molar-refractivity contribution in [1.82, 2.24) is 5.32 Å². The van der Waals surface area contributed by atoms with Gasteiger partial charge in [-0.2, -0.15) is 0 Å². The lowest BCUT2D eigenvalue weighted by molar-refractivity contribution is -0.119. The van der Waals surface area contributed by atoms with E-state index in [1.54, 1.807) is 31.2 Å². The molecule has 1 atom stereocenters. The minimum atomic E-state index is -0.875. The molecule has 2 aromatic rings. The molecule has 6 heteroatoms. The molecule has 0 spiro atoms. The molecule has 1 heterocycles. The second-order valence-corrected chi connectivity index (χ2v) is 7.00. The van der Waals surface area contributed by atoms with E-state index in [-0.39, 0.29) is 11.7 Å². The summed E-state index contributed by atoms with van der Waals surface area (Å²) < 4.78 is 5.34. The van der Waals surface area contributed by atoms with E-state index in [4.69, 9.17) is 4.74 Å². The van der Waals surface area contributed by atoms with Gasteiger partial charge in [-0.15, -0.1) is 11.3 Å². The summed E-state index contributed by atoms with van der Waals surface area (Å²) in [4.78, 5) is 37.1. The minimum absolute atomic E-state index is 0.128. The molecule has 0 aliphatic carbocycles. The van der Waals surface area contributed by atoms with Crippen LogP contribution in [0.25, 0.3) is 0 Å². The van der Waals surface area contributed by atoms with E-state index in [1.165, 1.54) is 18.3 Å². The zero-order chi connectivity index (χ0) is 18.6. The van der Waals surface area contributed by atoms with Crippen LogP contribution in [-0.4, -0.2) is 23.8 Å². The molecule has 0 aliphatic rings. The van der Waals surface area contributed by atoms with Gasteiger partial charge in [0.15, 0.2) is 6.10 Å². The number of carbonyl (C=O) groups excluding carboxylic acids is 3. The van der Waals surface area contributed by atoms with Crippen LogP contribution in [0.4, 0.5) is 0 Å². The lowest BCUT2D eigenvalue weighted by atomic mass is 10.0. The smallest absolute Gasteiger partial charge is 0.339 e. The summed E-state index contributed by atoms with van der Waals surface area (Å²) in [5.41, 5.74) is 2.31. The number of amides is 1. The fourth-order valence-corrected chi connectivity index (χ4v) is 3.23. The highest BCUT2D eigenvalue weighted by Gasteiger charge is 2.23. The van der Waals surface area contributed by atoms with Crippen LogP contribution in [0.3, 0.4) is 0 Å². The Labute approximate surface area is 151 Å². The Balaban J connectivity index is 2.03. The van der Waals surface area contributed by atoms with E-state index in [2.05, 4.69) is 5.32 Å². The molecule has 0 aliphatic heterocycles. The molecule has 2 rings (SSSR count). The zero-order valence-electron chi connectivity index (χ0n) is 14.7. The Bertz CT molecular complexity index is 810. The number of hydrogen-bond donors (Lipinski definition) is 1. The van der Waals surface area contributed by atoms with E-state index in [9.17, 15) is 14.4 Å². The SMILES string of the molecule is CC(=O)NCc1ccc(C(=O)C(C)OC(=O)c2cccc(C)c2C)s1. The highest BCUT2D eigenvalue weighted by atomic mass is 32.1. The average Bonchev–Trinajstić information content (AvgIpc) is 3.03. The molecule has 0 bridgehead atoms. The molecule has 1 aromatic carbocycles. The number of Topliss-reactive ketones (excluding diaryl/α,β-unsaturated/α-hetero) is 1. The fraction of sp³-hybridized carbons (Fsp3) is 0.316. The lowest BCUT2D eigenvalue weighted by Gasteiger charge is -2.13. The molecule has 1 N–H and O–H groups in total. The predicted molar refractivity (Wildman–Crippen MR) is 97.0 cm³/mol. The van der Waals surface area contributed by atoms with Gasteiger partial charge in [0.1, 0.15) is 0 Å². The van der Waals surface area contributed by atoms with Crippen LogP contribution in [0, 0.1) is 13.8 Å². The van der Waals surface area contributed by atoms with Crippen molar-refractivity contribution in [1.29, 1.82) is 0 Å². The zero-order valence-corrected chi connectivity index (χ0v) is 15.5. The van der Waals surface area contributed by atoms with Crippen LogP contribution in [-0.2, 0) is 16.1 Å². The number of ketones is 1. The first-order valence-electron chi connectivity index (χ1n) is 7.94. The Hall–Kier alpha value is -2.47. The summed E-state index contributed by atoms with van der Waals surface area (Å²) in [6.07, 6.45) is -0.875. The molecule has 1 unspecified atom stereocenters. The monoisotopic (exact) mass is 359 g/mol. The van der Waals surface area contributed by atoms with Gasteiger partial charge in [-0.25, -0.2) is 4.79 Å². The fourth-order valence-electron chi connectivity index (χ4n) is 2.27. The average molecular weight is 359 g/mol. The van der Waals surface area contributed by atoms with Gasteiger partial charge in [-0.05, 0) is 50.1 Å². The van der Waals surface area contributed by atoms with Crippen LogP contribution < -0.4 is 5.32 Å². The number of rotatable bonds is 6. The summed E-state index contributed by atoms with van der Waals surface area (Å²) in [5, 5.41) is 2.68. The number of thiophene rings is 1. The van der Waals surface area contributed by atoms with Gasteiger partial charge in [0.25, 0.3) is 0 Å². The van der Waals surface area contributed by atoms with Gasteiger partial charge < -0.3 is 10.1 Å². The van der Waals surface area contributed by atoms with Crippen molar-refractivity contribution in [3.05, 3.63) is 56.8 Å². The summed E-state index contributed by atoms with van der Waals surface area (Å²) in [7, 11) is 0. The van der Waals surface area contributed by atoms with Crippen LogP contribution >= 0.6 is 11.3 Å². The molecular formula is C19H21NO4S. The molecule has 0 saturated heterocycles. The largest absolute Gasteiger partial charge is 0.451 e. The molecule has 1 amide bonds. The van der Waals surface area contributed by atoms with E-state index in [1.807, 2.05) is 19.9 Å². The third-order valence-electron chi connectivity index (χ3n) is 3.89. The lowest BCUT2D eigenvalue weighted by Crippen LogP contribution is -2.24. The minimum Gasteiger partial charge on any atom is -0.451 e. The van der Waals surface area contributed by atoms with Gasteiger partial charge in [-0.1, -0.05) is 12.1 Å². The number of benzene rings is 1. The van der Waals surface area contributed by atoms with Gasteiger partial charge >= 0.3 is 5.97 Å². The van der Waals surface area contributed by atoms with Crippen molar-refractivity contribution in [3.63, 3.8) is 0 Å². The molecule has 5 nitrogen and oxygen atoms in total. The molecule has 0 saturated carbocycles. The summed E-state index contributed by atoms with van der Waals surface area (Å²) >= 11 is 1.28. The second-order valence-electron chi connectivity index (χ2n) is 5.83. The summed E-state index contributed by atoms with van der Waals surface area (Å²) in [5.74, 6) is -0.882. The third-order valence-corrected chi connectivity index (χ3v) is 4.99. The number of carbonyl (C=O) groups is 3. The summed E-state index contributed by atoms with van der Waals surface area (Å²) in [6, 6.07) is 8.87. The van der Waals surface area contributed by atoms with Crippen LogP contribution in [0.5, 0.6) is 0 Å². The Morgan fingerprint density at radius 3 is 2.56 bits per heavy atom. The van der Waals surface area contributed by atoms with Crippen LogP contribution in [0.15, 0.2) is 30.3 Å². The first-order valence-corrected chi connectivity index (χ1v) is 8.75. The quantitative estimate of drug-likeness (QED) is 0.633. The highest BCUT2D eigenvalue weighted by molar-refractivity contribution is 7.14. The number of esters is 1. The number of aryl methyl sites for hydroxylation is 1. The van der Waals surface area contributed by atoms with Gasteiger partial charge in [0.05, 0.1) is 17.0 Å². The first kappa shape index (κ1) is 18.9. The highest BCUT2D eigenvalue weighted by Crippen LogP contribution is 2.20. The molecule has 25 heavy (non-hydrogen) atoms. The van der Waals surface area contributed by atoms with Crippen molar-refractivity contribution in [2.45, 2.75) is 40.3 Å². The van der Waals surface area contributed by atoms with Crippen molar-refractivity contribution < 1.29 is 19.1 Å². The number of nitrogens with one attached hydrogen (secondary N) is 1. The topological polar surface area (TPSA) is 72.5 Å². The standard InChI is InChI=1S/C19H21NO4S/c1-11-6-5-7-16(12(11)2)19(23)24-13(3)18(22)17-9-8-15(25-17)10-20-14(4)21/h5-9,13H,10H2,1-4H3,(H,20,21). The van der Waals surface area contributed by atoms with Crippen molar-refractivity contribution >= 4 is 29.0 Å². The van der Waals surface area contributed by atoms with Crippen molar-refractivity contribution in [2.75, 3.05) is 0 Å². The molecule has 1 aromatic heterocycles. The number of hydrogen-bond acceptors (Lipinski definition) is 5. The second kappa shape index (κ2) is 8.07. The molecular weight excluding hydrogens is 338 g/mol. The summed E-state index contributed by atoms with van der Waals surface area (Å²) in [6.45, 7) is 7.16. The van der Waals surface area contributed by atoms with E-state index in [0.29, 0.717) is 17.0 Å². The Morgan fingerprint density at radius 2 is 1.88 bits per heavy atom. The van der Waals surface area contributed by atoms with E-state index in [0.717, 1.165) is 16.0 Å². The maximum Gasteiger partial charge on any atom is 0.339 e. The van der Waals surface area contributed by atoms with E-state index < -0.39 is 12.1 Å².